The van der Waals surface area contributed by atoms with Gasteiger partial charge in [-0.25, -0.2) is 0 Å². The Morgan fingerprint density at radius 2 is 2.38 bits per heavy atom. The summed E-state index contributed by atoms with van der Waals surface area (Å²) in [5, 5.41) is 3.48. The largest absolute Gasteiger partial charge is 0.364 e. The first-order chi connectivity index (χ1) is 3.80. The van der Waals surface area contributed by atoms with Gasteiger partial charge in [-0.2, -0.15) is 0 Å². The molecule has 0 bridgehead atoms. The fourth-order valence-electron chi connectivity index (χ4n) is 0.334. The molecule has 1 aromatic heterocycles. The zero-order valence-electron chi connectivity index (χ0n) is 3.84. The predicted octanol–water partition coefficient (Wildman–Crippen LogP) is 2.15. The number of halogens is 2. The molecule has 0 atom stereocenters. The molecule has 1 aromatic rings. The molecule has 8 heavy (non-hydrogen) atoms. The second-order valence-electron chi connectivity index (χ2n) is 1.23. The van der Waals surface area contributed by atoms with Crippen molar-refractivity contribution >= 4 is 23.2 Å². The first kappa shape index (κ1) is 5.92. The number of rotatable bonds is 1. The minimum atomic E-state index is -0.575. The molecule has 1 heterocycles. The third-order valence-corrected chi connectivity index (χ3v) is 1.13. The fraction of sp³-hybridized carbons (Fsp3) is 0.250. The number of nitrogens with zero attached hydrogens (tertiary/aromatic N) is 1. The molecule has 44 valence electrons. The van der Waals surface area contributed by atoms with E-state index in [2.05, 4.69) is 9.68 Å². The maximum Gasteiger partial charge on any atom is 0.153 e. The molecule has 0 fully saturated rings. The Kier molecular flexibility index (Phi) is 1.76. The van der Waals surface area contributed by atoms with Crippen LogP contribution in [-0.2, 0) is 0 Å². The summed E-state index contributed by atoms with van der Waals surface area (Å²) >= 11 is 10.8. The average Bonchev–Trinajstić information content (AvgIpc) is 2.12. The molecule has 0 N–H and O–H groups in total. The van der Waals surface area contributed by atoms with E-state index in [1.807, 2.05) is 0 Å². The highest BCUT2D eigenvalue weighted by Gasteiger charge is 2.04. The van der Waals surface area contributed by atoms with Crippen molar-refractivity contribution in [2.45, 2.75) is 4.84 Å². The molecule has 2 nitrogen and oxygen atoms in total. The van der Waals surface area contributed by atoms with E-state index in [1.165, 1.54) is 6.26 Å². The van der Waals surface area contributed by atoms with Gasteiger partial charge >= 0.3 is 0 Å². The molecule has 4 heteroatoms. The van der Waals surface area contributed by atoms with Gasteiger partial charge in [0.05, 0.1) is 0 Å². The Morgan fingerprint density at radius 1 is 1.62 bits per heavy atom. The molecule has 0 amide bonds. The van der Waals surface area contributed by atoms with Gasteiger partial charge in [0.15, 0.2) is 4.84 Å². The highest BCUT2D eigenvalue weighted by atomic mass is 35.5. The van der Waals surface area contributed by atoms with Gasteiger partial charge in [0.2, 0.25) is 0 Å². The molecule has 0 spiro atoms. The van der Waals surface area contributed by atoms with Crippen LogP contribution in [0.1, 0.15) is 10.5 Å². The van der Waals surface area contributed by atoms with Gasteiger partial charge in [-0.05, 0) is 0 Å². The van der Waals surface area contributed by atoms with E-state index in [0.29, 0.717) is 5.69 Å². The van der Waals surface area contributed by atoms with Gasteiger partial charge < -0.3 is 4.52 Å². The Morgan fingerprint density at radius 3 is 2.62 bits per heavy atom. The first-order valence-electron chi connectivity index (χ1n) is 1.99. The van der Waals surface area contributed by atoms with Crippen LogP contribution in [0, 0.1) is 0 Å². The van der Waals surface area contributed by atoms with Crippen molar-refractivity contribution in [3.8, 4) is 0 Å². The molecule has 0 saturated carbocycles. The van der Waals surface area contributed by atoms with Gasteiger partial charge in [-0.15, -0.1) is 0 Å². The van der Waals surface area contributed by atoms with E-state index < -0.39 is 4.84 Å². The summed E-state index contributed by atoms with van der Waals surface area (Å²) in [5.74, 6) is 0. The van der Waals surface area contributed by atoms with Crippen LogP contribution >= 0.6 is 23.2 Å². The maximum absolute atomic E-state index is 5.39. The summed E-state index contributed by atoms with van der Waals surface area (Å²) in [4.78, 5) is -0.575. The Bertz CT molecular complexity index is 149. The standard InChI is InChI=1S/C4H3Cl2NO/c5-4(6)3-1-2-8-7-3/h1-2,4H. The van der Waals surface area contributed by atoms with Gasteiger partial charge in [-0.1, -0.05) is 28.4 Å². The molecule has 0 aromatic carbocycles. The van der Waals surface area contributed by atoms with Gasteiger partial charge in [0.25, 0.3) is 0 Å². The SMILES string of the molecule is ClC(Cl)c1ccon1. The zero-order chi connectivity index (χ0) is 5.98. The lowest BCUT2D eigenvalue weighted by atomic mass is 10.5. The summed E-state index contributed by atoms with van der Waals surface area (Å²) in [6.07, 6.45) is 1.42. The fourth-order valence-corrected chi connectivity index (χ4v) is 0.560. The second kappa shape index (κ2) is 2.37. The lowest BCUT2D eigenvalue weighted by molar-refractivity contribution is 0.414. The van der Waals surface area contributed by atoms with Crippen LogP contribution in [0.25, 0.3) is 0 Å². The van der Waals surface area contributed by atoms with Crippen molar-refractivity contribution in [2.24, 2.45) is 0 Å². The third kappa shape index (κ3) is 1.14. The number of hydrogen-bond donors (Lipinski definition) is 0. The van der Waals surface area contributed by atoms with Crippen LogP contribution in [0.15, 0.2) is 16.9 Å². The second-order valence-corrected chi connectivity index (χ2v) is 2.32. The normalized spacial score (nSPS) is 10.4. The van der Waals surface area contributed by atoms with E-state index in [0.717, 1.165) is 0 Å². The predicted molar refractivity (Wildman–Crippen MR) is 30.9 cm³/mol. The van der Waals surface area contributed by atoms with Crippen LogP contribution in [0.3, 0.4) is 0 Å². The van der Waals surface area contributed by atoms with Crippen LogP contribution in [-0.4, -0.2) is 5.16 Å². The highest BCUT2D eigenvalue weighted by molar-refractivity contribution is 6.43. The van der Waals surface area contributed by atoms with Crippen molar-refractivity contribution in [1.82, 2.24) is 5.16 Å². The Balaban J connectivity index is 2.77. The molecule has 0 unspecified atom stereocenters. The van der Waals surface area contributed by atoms with Gasteiger partial charge in [0, 0.05) is 6.07 Å². The molecule has 0 saturated heterocycles. The van der Waals surface area contributed by atoms with E-state index in [-0.39, 0.29) is 0 Å². The summed E-state index contributed by atoms with van der Waals surface area (Å²) in [5.41, 5.74) is 0.549. The smallest absolute Gasteiger partial charge is 0.153 e. The van der Waals surface area contributed by atoms with Crippen LogP contribution < -0.4 is 0 Å². The van der Waals surface area contributed by atoms with Crippen molar-refractivity contribution in [3.63, 3.8) is 0 Å². The van der Waals surface area contributed by atoms with E-state index in [9.17, 15) is 0 Å². The first-order valence-corrected chi connectivity index (χ1v) is 2.86. The minimum absolute atomic E-state index is 0.549. The zero-order valence-corrected chi connectivity index (χ0v) is 5.36. The minimum Gasteiger partial charge on any atom is -0.364 e. The summed E-state index contributed by atoms with van der Waals surface area (Å²) in [7, 11) is 0. The number of alkyl halides is 2. The quantitative estimate of drug-likeness (QED) is 0.576. The summed E-state index contributed by atoms with van der Waals surface area (Å²) < 4.78 is 4.46. The lowest BCUT2D eigenvalue weighted by Crippen LogP contribution is -1.76. The summed E-state index contributed by atoms with van der Waals surface area (Å²) in [6.45, 7) is 0. The molecule has 0 radical (unpaired) electrons. The Hall–Kier alpha value is -0.210. The Labute approximate surface area is 56.4 Å². The van der Waals surface area contributed by atoms with Crippen LogP contribution in [0.4, 0.5) is 0 Å². The van der Waals surface area contributed by atoms with Crippen molar-refractivity contribution < 1.29 is 4.52 Å². The number of aromatic nitrogens is 1. The van der Waals surface area contributed by atoms with E-state index in [1.54, 1.807) is 6.07 Å². The maximum atomic E-state index is 5.39. The van der Waals surface area contributed by atoms with Gasteiger partial charge in [-0.3, -0.25) is 0 Å². The molecule has 1 rings (SSSR count). The summed E-state index contributed by atoms with van der Waals surface area (Å²) in [6, 6.07) is 1.62. The lowest BCUT2D eigenvalue weighted by Gasteiger charge is -1.87. The molecule has 0 aliphatic carbocycles. The highest BCUT2D eigenvalue weighted by Crippen LogP contribution is 2.21. The van der Waals surface area contributed by atoms with E-state index in [4.69, 9.17) is 23.2 Å². The average molecular weight is 152 g/mol. The molecule has 0 aliphatic rings. The third-order valence-electron chi connectivity index (χ3n) is 0.681. The monoisotopic (exact) mass is 151 g/mol. The van der Waals surface area contributed by atoms with Crippen molar-refractivity contribution in [3.05, 3.63) is 18.0 Å². The van der Waals surface area contributed by atoms with Crippen molar-refractivity contribution in [2.75, 3.05) is 0 Å². The topological polar surface area (TPSA) is 26.0 Å². The van der Waals surface area contributed by atoms with Crippen LogP contribution in [0.2, 0.25) is 0 Å². The van der Waals surface area contributed by atoms with Crippen molar-refractivity contribution in [1.29, 1.82) is 0 Å². The molecular weight excluding hydrogens is 149 g/mol. The molecular formula is C4H3Cl2NO. The van der Waals surface area contributed by atoms with Gasteiger partial charge in [0.1, 0.15) is 12.0 Å². The molecule has 0 aliphatic heterocycles. The number of hydrogen-bond acceptors (Lipinski definition) is 2. The van der Waals surface area contributed by atoms with E-state index >= 15 is 0 Å². The van der Waals surface area contributed by atoms with Crippen LogP contribution in [0.5, 0.6) is 0 Å².